The van der Waals surface area contributed by atoms with E-state index < -0.39 is 0 Å². The third-order valence-electron chi connectivity index (χ3n) is 4.48. The third-order valence-corrected chi connectivity index (χ3v) is 4.48. The molecule has 1 aromatic heterocycles. The van der Waals surface area contributed by atoms with Crippen LogP contribution in [0.15, 0.2) is 42.7 Å². The fourth-order valence-electron chi connectivity index (χ4n) is 3.10. The van der Waals surface area contributed by atoms with Crippen LogP contribution in [0.5, 0.6) is 11.5 Å². The van der Waals surface area contributed by atoms with Crippen LogP contribution in [0.1, 0.15) is 27.0 Å². The zero-order valence-corrected chi connectivity index (χ0v) is 17.2. The Morgan fingerprint density at radius 1 is 0.931 bits per heavy atom. The van der Waals surface area contributed by atoms with Crippen molar-refractivity contribution in [2.24, 2.45) is 0 Å². The molecule has 0 aliphatic heterocycles. The molecule has 0 unspecified atom stereocenters. The lowest BCUT2D eigenvalue weighted by atomic mass is 10.0. The minimum absolute atomic E-state index is 0.259. The van der Waals surface area contributed by atoms with Gasteiger partial charge in [-0.15, -0.1) is 0 Å². The summed E-state index contributed by atoms with van der Waals surface area (Å²) in [7, 11) is 3.17. The van der Waals surface area contributed by atoms with E-state index in [0.717, 1.165) is 22.4 Å². The van der Waals surface area contributed by atoms with Crippen molar-refractivity contribution in [1.82, 2.24) is 9.97 Å². The Hall–Kier alpha value is -3.61. The first-order chi connectivity index (χ1) is 13.9. The number of carbonyl (C=O) groups excluding carboxylic acids is 1. The lowest BCUT2D eigenvalue weighted by Crippen LogP contribution is -2.15. The molecule has 0 aliphatic carbocycles. The van der Waals surface area contributed by atoms with Gasteiger partial charge in [0.05, 0.1) is 25.5 Å². The van der Waals surface area contributed by atoms with Crippen molar-refractivity contribution in [3.8, 4) is 11.5 Å². The average Bonchev–Trinajstić information content (AvgIpc) is 2.71. The van der Waals surface area contributed by atoms with Crippen LogP contribution < -0.4 is 20.1 Å². The maximum Gasteiger partial charge on any atom is 0.258 e. The highest BCUT2D eigenvalue weighted by molar-refractivity contribution is 6.04. The molecule has 7 heteroatoms. The van der Waals surface area contributed by atoms with Crippen LogP contribution in [-0.2, 0) is 0 Å². The molecule has 3 aromatic rings. The first-order valence-electron chi connectivity index (χ1n) is 9.11. The van der Waals surface area contributed by atoms with Gasteiger partial charge in [0.25, 0.3) is 5.91 Å². The number of aryl methyl sites for hydroxylation is 3. The van der Waals surface area contributed by atoms with Gasteiger partial charge >= 0.3 is 0 Å². The average molecular weight is 392 g/mol. The molecule has 0 saturated carbocycles. The summed E-state index contributed by atoms with van der Waals surface area (Å²) in [5.74, 6) is 1.39. The number of nitrogens with zero attached hydrogens (tertiary/aromatic N) is 2. The van der Waals surface area contributed by atoms with Crippen molar-refractivity contribution in [3.05, 3.63) is 65.0 Å². The first kappa shape index (κ1) is 20.1. The van der Waals surface area contributed by atoms with Gasteiger partial charge in [-0.25, -0.2) is 9.97 Å². The number of carbonyl (C=O) groups is 1. The summed E-state index contributed by atoms with van der Waals surface area (Å²) in [6, 6.07) is 9.44. The van der Waals surface area contributed by atoms with Gasteiger partial charge in [-0.05, 0) is 44.0 Å². The Kier molecular flexibility index (Phi) is 5.97. The molecule has 29 heavy (non-hydrogen) atoms. The lowest BCUT2D eigenvalue weighted by Gasteiger charge is -2.13. The largest absolute Gasteiger partial charge is 0.497 e. The normalized spacial score (nSPS) is 10.4. The van der Waals surface area contributed by atoms with Gasteiger partial charge in [0.1, 0.15) is 11.5 Å². The Bertz CT molecular complexity index is 1010. The summed E-state index contributed by atoms with van der Waals surface area (Å²) in [6.07, 6.45) is 2.96. The minimum atomic E-state index is -0.259. The monoisotopic (exact) mass is 392 g/mol. The van der Waals surface area contributed by atoms with E-state index in [9.17, 15) is 4.79 Å². The van der Waals surface area contributed by atoms with Gasteiger partial charge in [0, 0.05) is 24.1 Å². The molecular formula is C22H24N4O3. The van der Waals surface area contributed by atoms with E-state index in [-0.39, 0.29) is 5.91 Å². The lowest BCUT2D eigenvalue weighted by molar-refractivity contribution is 0.102. The second kappa shape index (κ2) is 8.60. The molecule has 7 nitrogen and oxygen atoms in total. The summed E-state index contributed by atoms with van der Waals surface area (Å²) in [5, 5.41) is 6.03. The summed E-state index contributed by atoms with van der Waals surface area (Å²) in [5.41, 5.74) is 5.02. The number of amides is 1. The highest BCUT2D eigenvalue weighted by Crippen LogP contribution is 2.30. The number of hydrogen-bond donors (Lipinski definition) is 2. The molecule has 0 saturated heterocycles. The second-order valence-corrected chi connectivity index (χ2v) is 6.71. The number of ether oxygens (including phenoxy) is 2. The standard InChI is InChI=1S/C22H24N4O3/c1-13-8-14(2)20(15(3)9-13)26-21(27)16-11-23-22(24-12-16)25-18-10-17(28-4)6-7-19(18)29-5/h6-12H,1-5H3,(H,26,27)(H,23,24,25). The van der Waals surface area contributed by atoms with Gasteiger partial charge in [-0.1, -0.05) is 17.7 Å². The molecule has 0 bridgehead atoms. The van der Waals surface area contributed by atoms with Crippen molar-refractivity contribution in [2.45, 2.75) is 20.8 Å². The van der Waals surface area contributed by atoms with Crippen LogP contribution in [0, 0.1) is 20.8 Å². The van der Waals surface area contributed by atoms with E-state index in [2.05, 4.69) is 20.6 Å². The fourth-order valence-corrected chi connectivity index (χ4v) is 3.10. The molecule has 3 rings (SSSR count). The molecule has 0 radical (unpaired) electrons. The minimum Gasteiger partial charge on any atom is -0.497 e. The van der Waals surface area contributed by atoms with Gasteiger partial charge < -0.3 is 20.1 Å². The van der Waals surface area contributed by atoms with Crippen LogP contribution >= 0.6 is 0 Å². The number of rotatable bonds is 6. The highest BCUT2D eigenvalue weighted by atomic mass is 16.5. The first-order valence-corrected chi connectivity index (χ1v) is 9.11. The number of nitrogens with one attached hydrogen (secondary N) is 2. The molecule has 1 amide bonds. The predicted molar refractivity (Wildman–Crippen MR) is 113 cm³/mol. The van der Waals surface area contributed by atoms with Crippen molar-refractivity contribution >= 4 is 23.2 Å². The van der Waals surface area contributed by atoms with E-state index in [1.54, 1.807) is 32.4 Å². The highest BCUT2D eigenvalue weighted by Gasteiger charge is 2.12. The summed E-state index contributed by atoms with van der Waals surface area (Å²) < 4.78 is 10.6. The predicted octanol–water partition coefficient (Wildman–Crippen LogP) is 4.41. The molecule has 0 aliphatic rings. The maximum atomic E-state index is 12.6. The van der Waals surface area contributed by atoms with Crippen molar-refractivity contribution in [3.63, 3.8) is 0 Å². The van der Waals surface area contributed by atoms with Crippen molar-refractivity contribution in [2.75, 3.05) is 24.9 Å². The SMILES string of the molecule is COc1ccc(OC)c(Nc2ncc(C(=O)Nc3c(C)cc(C)cc3C)cn2)c1. The molecule has 1 heterocycles. The van der Waals surface area contributed by atoms with E-state index in [0.29, 0.717) is 28.7 Å². The van der Waals surface area contributed by atoms with Gasteiger partial charge in [0.15, 0.2) is 0 Å². The van der Waals surface area contributed by atoms with E-state index in [1.165, 1.54) is 12.4 Å². The molecule has 150 valence electrons. The smallest absolute Gasteiger partial charge is 0.258 e. The third kappa shape index (κ3) is 4.63. The molecular weight excluding hydrogens is 368 g/mol. The zero-order valence-electron chi connectivity index (χ0n) is 17.2. The maximum absolute atomic E-state index is 12.6. The van der Waals surface area contributed by atoms with Crippen LogP contribution in [0.2, 0.25) is 0 Å². The Morgan fingerprint density at radius 2 is 1.59 bits per heavy atom. The molecule has 2 aromatic carbocycles. The number of aromatic nitrogens is 2. The Morgan fingerprint density at radius 3 is 2.17 bits per heavy atom. The number of hydrogen-bond acceptors (Lipinski definition) is 6. The second-order valence-electron chi connectivity index (χ2n) is 6.71. The van der Waals surface area contributed by atoms with Crippen molar-refractivity contribution < 1.29 is 14.3 Å². The van der Waals surface area contributed by atoms with Gasteiger partial charge in [0.2, 0.25) is 5.95 Å². The van der Waals surface area contributed by atoms with Crippen molar-refractivity contribution in [1.29, 1.82) is 0 Å². The summed E-state index contributed by atoms with van der Waals surface area (Å²) in [4.78, 5) is 21.1. The topological polar surface area (TPSA) is 85.4 Å². The Balaban J connectivity index is 1.76. The van der Waals surface area contributed by atoms with Crippen LogP contribution in [0.3, 0.4) is 0 Å². The van der Waals surface area contributed by atoms with Gasteiger partial charge in [-0.2, -0.15) is 0 Å². The van der Waals surface area contributed by atoms with E-state index in [4.69, 9.17) is 9.47 Å². The Labute approximate surface area is 170 Å². The van der Waals surface area contributed by atoms with Crippen LogP contribution in [0.4, 0.5) is 17.3 Å². The van der Waals surface area contributed by atoms with Crippen LogP contribution in [0.25, 0.3) is 0 Å². The quantitative estimate of drug-likeness (QED) is 0.646. The summed E-state index contributed by atoms with van der Waals surface area (Å²) in [6.45, 7) is 5.98. The molecule has 0 atom stereocenters. The van der Waals surface area contributed by atoms with Crippen LogP contribution in [-0.4, -0.2) is 30.1 Å². The number of anilines is 3. The van der Waals surface area contributed by atoms with E-state index >= 15 is 0 Å². The molecule has 0 spiro atoms. The fraction of sp³-hybridized carbons (Fsp3) is 0.227. The van der Waals surface area contributed by atoms with E-state index in [1.807, 2.05) is 32.9 Å². The zero-order chi connectivity index (χ0) is 21.0. The number of methoxy groups -OCH3 is 2. The van der Waals surface area contributed by atoms with Gasteiger partial charge in [-0.3, -0.25) is 4.79 Å². The molecule has 2 N–H and O–H groups in total. The number of benzene rings is 2. The summed E-state index contributed by atoms with van der Waals surface area (Å²) >= 11 is 0. The molecule has 0 fully saturated rings.